The molecule has 2 heterocycles. The molecule has 162 valence electrons. The second-order valence-corrected chi connectivity index (χ2v) is 8.62. The molecule has 1 aromatic carbocycles. The van der Waals surface area contributed by atoms with Crippen molar-refractivity contribution >= 4 is 21.6 Å². The lowest BCUT2D eigenvalue weighted by molar-refractivity contribution is -0.137. The van der Waals surface area contributed by atoms with E-state index in [1.165, 1.54) is 4.90 Å². The van der Waals surface area contributed by atoms with Gasteiger partial charge in [0.1, 0.15) is 0 Å². The number of halogens is 3. The van der Waals surface area contributed by atoms with Crippen molar-refractivity contribution in [2.24, 2.45) is 11.1 Å². The maximum atomic E-state index is 13.5. The van der Waals surface area contributed by atoms with E-state index in [2.05, 4.69) is 10.3 Å². The van der Waals surface area contributed by atoms with Crippen LogP contribution in [0, 0.1) is 5.92 Å². The average molecular weight is 442 g/mol. The van der Waals surface area contributed by atoms with Crippen molar-refractivity contribution in [3.63, 3.8) is 0 Å². The van der Waals surface area contributed by atoms with Crippen LogP contribution in [0.3, 0.4) is 0 Å². The van der Waals surface area contributed by atoms with Gasteiger partial charge >= 0.3 is 6.18 Å². The zero-order valence-electron chi connectivity index (χ0n) is 15.9. The van der Waals surface area contributed by atoms with Crippen LogP contribution in [0.2, 0.25) is 0 Å². The van der Waals surface area contributed by atoms with Gasteiger partial charge in [-0.2, -0.15) is 13.2 Å². The molecule has 0 atom stereocenters. The van der Waals surface area contributed by atoms with Gasteiger partial charge in [-0.3, -0.25) is 9.78 Å². The number of rotatable bonds is 5. The number of primary sulfonamides is 1. The maximum Gasteiger partial charge on any atom is 0.418 e. The SMILES string of the molecule is NS(=O)(=O)c1ccc(N2CCC(C(=O)NCc3cccnc3)CC2)c(C(F)(F)F)c1. The molecule has 1 aromatic heterocycles. The summed E-state index contributed by atoms with van der Waals surface area (Å²) in [5, 5.41) is 7.79. The predicted molar refractivity (Wildman–Crippen MR) is 104 cm³/mol. The average Bonchev–Trinajstić information content (AvgIpc) is 2.71. The number of hydrogen-bond acceptors (Lipinski definition) is 5. The third-order valence-electron chi connectivity index (χ3n) is 5.00. The number of hydrogen-bond donors (Lipinski definition) is 2. The molecule has 1 saturated heterocycles. The second-order valence-electron chi connectivity index (χ2n) is 7.06. The highest BCUT2D eigenvalue weighted by atomic mass is 32.2. The van der Waals surface area contributed by atoms with E-state index in [0.29, 0.717) is 25.5 Å². The number of carbonyl (C=O) groups is 1. The topological polar surface area (TPSA) is 105 Å². The summed E-state index contributed by atoms with van der Waals surface area (Å²) in [6, 6.07) is 6.33. The van der Waals surface area contributed by atoms with Crippen LogP contribution in [0.4, 0.5) is 18.9 Å². The van der Waals surface area contributed by atoms with E-state index in [-0.39, 0.29) is 30.6 Å². The van der Waals surface area contributed by atoms with Crippen LogP contribution in [-0.4, -0.2) is 32.4 Å². The van der Waals surface area contributed by atoms with Gasteiger partial charge in [0.15, 0.2) is 0 Å². The Hall–Kier alpha value is -2.66. The van der Waals surface area contributed by atoms with Crippen LogP contribution < -0.4 is 15.4 Å². The number of carbonyl (C=O) groups excluding carboxylic acids is 1. The fourth-order valence-electron chi connectivity index (χ4n) is 3.41. The zero-order valence-corrected chi connectivity index (χ0v) is 16.7. The van der Waals surface area contributed by atoms with Gasteiger partial charge in [-0.15, -0.1) is 0 Å². The van der Waals surface area contributed by atoms with E-state index in [1.54, 1.807) is 18.5 Å². The molecule has 2 aromatic rings. The molecule has 30 heavy (non-hydrogen) atoms. The largest absolute Gasteiger partial charge is 0.418 e. The van der Waals surface area contributed by atoms with E-state index in [4.69, 9.17) is 5.14 Å². The highest BCUT2D eigenvalue weighted by Crippen LogP contribution is 2.39. The molecule has 0 aliphatic carbocycles. The van der Waals surface area contributed by atoms with Crippen LogP contribution in [-0.2, 0) is 27.5 Å². The standard InChI is InChI=1S/C19H21F3N4O3S/c20-19(21,22)16-10-15(30(23,28)29)3-4-17(16)26-8-5-14(6-9-26)18(27)25-12-13-2-1-7-24-11-13/h1-4,7,10-11,14H,5-6,8-9,12H2,(H,25,27)(H2,23,28,29). The Morgan fingerprint density at radius 1 is 1.23 bits per heavy atom. The molecule has 1 amide bonds. The first-order valence-electron chi connectivity index (χ1n) is 9.21. The van der Waals surface area contributed by atoms with Gasteiger partial charge in [0.05, 0.1) is 10.5 Å². The Balaban J connectivity index is 1.68. The Kier molecular flexibility index (Phi) is 6.32. The summed E-state index contributed by atoms with van der Waals surface area (Å²) >= 11 is 0. The highest BCUT2D eigenvalue weighted by molar-refractivity contribution is 7.89. The van der Waals surface area contributed by atoms with Gasteiger partial charge in [-0.25, -0.2) is 13.6 Å². The van der Waals surface area contributed by atoms with Gasteiger partial charge in [0.25, 0.3) is 0 Å². The van der Waals surface area contributed by atoms with Crippen molar-refractivity contribution in [3.8, 4) is 0 Å². The minimum Gasteiger partial charge on any atom is -0.371 e. The molecule has 0 unspecified atom stereocenters. The van der Waals surface area contributed by atoms with Crippen LogP contribution >= 0.6 is 0 Å². The fraction of sp³-hybridized carbons (Fsp3) is 0.368. The van der Waals surface area contributed by atoms with Crippen LogP contribution in [0.15, 0.2) is 47.6 Å². The zero-order chi connectivity index (χ0) is 21.9. The summed E-state index contributed by atoms with van der Waals surface area (Å²) < 4.78 is 63.4. The number of nitrogens with zero attached hydrogens (tertiary/aromatic N) is 2. The molecular weight excluding hydrogens is 421 g/mol. The minimum atomic E-state index is -4.74. The summed E-state index contributed by atoms with van der Waals surface area (Å²) in [5.74, 6) is -0.463. The number of anilines is 1. The molecule has 3 rings (SSSR count). The van der Waals surface area contributed by atoms with Gasteiger partial charge in [0.2, 0.25) is 15.9 Å². The number of aromatic nitrogens is 1. The Labute approximate surface area is 172 Å². The number of nitrogens with two attached hydrogens (primary N) is 1. The fourth-order valence-corrected chi connectivity index (χ4v) is 3.95. The van der Waals surface area contributed by atoms with Crippen molar-refractivity contribution < 1.29 is 26.4 Å². The van der Waals surface area contributed by atoms with Crippen molar-refractivity contribution in [2.45, 2.75) is 30.5 Å². The summed E-state index contributed by atoms with van der Waals surface area (Å²) in [4.78, 5) is 17.3. The van der Waals surface area contributed by atoms with Crippen LogP contribution in [0.5, 0.6) is 0 Å². The summed E-state index contributed by atoms with van der Waals surface area (Å²) in [5.41, 5.74) is -0.328. The highest BCUT2D eigenvalue weighted by Gasteiger charge is 2.37. The summed E-state index contributed by atoms with van der Waals surface area (Å²) in [6.07, 6.45) is -0.702. The van der Waals surface area contributed by atoms with Gasteiger partial charge < -0.3 is 10.2 Å². The first-order valence-corrected chi connectivity index (χ1v) is 10.8. The summed E-state index contributed by atoms with van der Waals surface area (Å²) in [7, 11) is -4.26. The van der Waals surface area contributed by atoms with E-state index < -0.39 is 26.7 Å². The summed E-state index contributed by atoms with van der Waals surface area (Å²) in [6.45, 7) is 0.811. The molecule has 0 saturated carbocycles. The predicted octanol–water partition coefficient (Wildman–Crippen LogP) is 2.28. The second kappa shape index (κ2) is 8.60. The molecule has 11 heteroatoms. The number of amides is 1. The molecule has 0 bridgehead atoms. The maximum absolute atomic E-state index is 13.5. The molecule has 0 spiro atoms. The van der Waals surface area contributed by atoms with E-state index in [1.807, 2.05) is 6.07 Å². The normalized spacial score (nSPS) is 15.8. The molecule has 1 fully saturated rings. The molecule has 3 N–H and O–H groups in total. The minimum absolute atomic E-state index is 0.121. The quantitative estimate of drug-likeness (QED) is 0.739. The van der Waals surface area contributed by atoms with Crippen molar-refractivity contribution in [2.75, 3.05) is 18.0 Å². The monoisotopic (exact) mass is 442 g/mol. The van der Waals surface area contributed by atoms with Gasteiger partial charge in [-0.1, -0.05) is 6.07 Å². The lowest BCUT2D eigenvalue weighted by Crippen LogP contribution is -2.41. The molecule has 0 radical (unpaired) electrons. The molecular formula is C19H21F3N4O3S. The van der Waals surface area contributed by atoms with Crippen molar-refractivity contribution in [3.05, 3.63) is 53.9 Å². The van der Waals surface area contributed by atoms with E-state index in [9.17, 15) is 26.4 Å². The number of sulfonamides is 1. The number of pyridine rings is 1. The Morgan fingerprint density at radius 3 is 2.50 bits per heavy atom. The molecule has 7 nitrogen and oxygen atoms in total. The number of piperidine rings is 1. The first kappa shape index (κ1) is 22.0. The first-order chi connectivity index (χ1) is 14.1. The van der Waals surface area contributed by atoms with E-state index in [0.717, 1.165) is 17.7 Å². The smallest absolute Gasteiger partial charge is 0.371 e. The molecule has 1 aliphatic heterocycles. The van der Waals surface area contributed by atoms with Crippen molar-refractivity contribution in [1.29, 1.82) is 0 Å². The number of benzene rings is 1. The lowest BCUT2D eigenvalue weighted by atomic mass is 9.95. The van der Waals surface area contributed by atoms with Crippen LogP contribution in [0.25, 0.3) is 0 Å². The Morgan fingerprint density at radius 2 is 1.93 bits per heavy atom. The lowest BCUT2D eigenvalue weighted by Gasteiger charge is -2.34. The molecule has 1 aliphatic rings. The third-order valence-corrected chi connectivity index (χ3v) is 5.91. The van der Waals surface area contributed by atoms with Crippen molar-refractivity contribution in [1.82, 2.24) is 10.3 Å². The number of nitrogens with one attached hydrogen (secondary N) is 1. The Bertz CT molecular complexity index is 1010. The van der Waals surface area contributed by atoms with Crippen LogP contribution in [0.1, 0.15) is 24.0 Å². The van der Waals surface area contributed by atoms with Gasteiger partial charge in [-0.05, 0) is 42.7 Å². The van der Waals surface area contributed by atoms with Gasteiger partial charge in [0, 0.05) is 43.6 Å². The number of alkyl halides is 3. The van der Waals surface area contributed by atoms with E-state index >= 15 is 0 Å². The third kappa shape index (κ3) is 5.28.